The van der Waals surface area contributed by atoms with E-state index in [0.717, 1.165) is 12.0 Å². The third-order valence-electron chi connectivity index (χ3n) is 4.78. The number of piperidine rings is 1. The number of rotatable bonds is 8. The van der Waals surface area contributed by atoms with Gasteiger partial charge in [-0.25, -0.2) is 15.1 Å². The maximum absolute atomic E-state index is 12.6. The normalized spacial score (nSPS) is 18.6. The van der Waals surface area contributed by atoms with Crippen molar-refractivity contribution in [1.82, 2.24) is 21.0 Å². The molecule has 0 aromatic heterocycles. The second-order valence-electron chi connectivity index (χ2n) is 8.51. The van der Waals surface area contributed by atoms with Crippen LogP contribution in [0.25, 0.3) is 0 Å². The van der Waals surface area contributed by atoms with Crippen molar-refractivity contribution >= 4 is 18.1 Å². The molecule has 0 aliphatic carbocycles. The molecule has 1 aromatic carbocycles. The van der Waals surface area contributed by atoms with Crippen LogP contribution in [0.2, 0.25) is 0 Å². The SMILES string of the molecule is CN[C@@H]1CC[C@@H](C(=O)NOCCNC(=O)OCc2ccccc2)N(C(=O)OC(C)(C)C)C1. The summed E-state index contributed by atoms with van der Waals surface area (Å²) >= 11 is 0. The van der Waals surface area contributed by atoms with E-state index in [2.05, 4.69) is 16.1 Å². The van der Waals surface area contributed by atoms with Crippen molar-refractivity contribution in [3.8, 4) is 0 Å². The van der Waals surface area contributed by atoms with Crippen molar-refractivity contribution < 1.29 is 28.7 Å². The van der Waals surface area contributed by atoms with Gasteiger partial charge in [0.1, 0.15) is 18.2 Å². The number of nitrogens with one attached hydrogen (secondary N) is 3. The van der Waals surface area contributed by atoms with Crippen molar-refractivity contribution in [2.45, 2.75) is 57.9 Å². The fraction of sp³-hybridized carbons (Fsp3) is 0.591. The van der Waals surface area contributed by atoms with Gasteiger partial charge in [0.25, 0.3) is 5.91 Å². The lowest BCUT2D eigenvalue weighted by Gasteiger charge is -2.39. The number of nitrogens with zero attached hydrogens (tertiary/aromatic N) is 1. The Balaban J connectivity index is 1.73. The van der Waals surface area contributed by atoms with E-state index < -0.39 is 29.7 Å². The first-order valence-electron chi connectivity index (χ1n) is 10.7. The fourth-order valence-electron chi connectivity index (χ4n) is 3.17. The molecule has 1 fully saturated rings. The van der Waals surface area contributed by atoms with Gasteiger partial charge in [-0.2, -0.15) is 0 Å². The van der Waals surface area contributed by atoms with Crippen LogP contribution in [0.15, 0.2) is 30.3 Å². The molecule has 32 heavy (non-hydrogen) atoms. The van der Waals surface area contributed by atoms with Crippen LogP contribution in [-0.4, -0.2) is 67.4 Å². The third kappa shape index (κ3) is 8.72. The lowest BCUT2D eigenvalue weighted by molar-refractivity contribution is -0.140. The van der Waals surface area contributed by atoms with Gasteiger partial charge in [-0.3, -0.25) is 14.5 Å². The minimum absolute atomic E-state index is 0.0461. The highest BCUT2D eigenvalue weighted by atomic mass is 16.7. The number of alkyl carbamates (subject to hydrolysis) is 1. The van der Waals surface area contributed by atoms with Crippen LogP contribution in [0.3, 0.4) is 0 Å². The Morgan fingerprint density at radius 1 is 1.12 bits per heavy atom. The topological polar surface area (TPSA) is 118 Å². The molecule has 3 N–H and O–H groups in total. The van der Waals surface area contributed by atoms with Crippen LogP contribution >= 0.6 is 0 Å². The molecule has 0 unspecified atom stereocenters. The largest absolute Gasteiger partial charge is 0.445 e. The minimum atomic E-state index is -0.696. The molecule has 178 valence electrons. The molecule has 0 saturated carbocycles. The van der Waals surface area contributed by atoms with Gasteiger partial charge in [0.15, 0.2) is 0 Å². The van der Waals surface area contributed by atoms with E-state index in [0.29, 0.717) is 13.0 Å². The van der Waals surface area contributed by atoms with Crippen LogP contribution in [0.1, 0.15) is 39.2 Å². The zero-order valence-corrected chi connectivity index (χ0v) is 19.2. The Kier molecular flexibility index (Phi) is 9.73. The standard InChI is InChI=1S/C22H34N4O6/c1-22(2,3)32-21(29)26-14-17(23-4)10-11-18(26)19(27)25-31-13-12-24-20(28)30-15-16-8-6-5-7-9-16/h5-9,17-18,23H,10-15H2,1-4H3,(H,24,28)(H,25,27)/t17-,18+/m1/s1. The number of carbonyl (C=O) groups is 3. The first-order valence-corrected chi connectivity index (χ1v) is 10.7. The lowest BCUT2D eigenvalue weighted by Crippen LogP contribution is -2.58. The zero-order chi connectivity index (χ0) is 23.6. The number of benzene rings is 1. The predicted molar refractivity (Wildman–Crippen MR) is 118 cm³/mol. The number of likely N-dealkylation sites (N-methyl/N-ethyl adjacent to an activating group) is 1. The third-order valence-corrected chi connectivity index (χ3v) is 4.78. The number of carbonyl (C=O) groups excluding carboxylic acids is 3. The molecule has 1 aliphatic heterocycles. The number of likely N-dealkylation sites (tertiary alicyclic amines) is 1. The van der Waals surface area contributed by atoms with Gasteiger partial charge >= 0.3 is 12.2 Å². The van der Waals surface area contributed by atoms with Gasteiger partial charge in [-0.05, 0) is 46.2 Å². The van der Waals surface area contributed by atoms with E-state index in [4.69, 9.17) is 14.3 Å². The van der Waals surface area contributed by atoms with Gasteiger partial charge < -0.3 is 20.1 Å². The van der Waals surface area contributed by atoms with Crippen molar-refractivity contribution in [1.29, 1.82) is 0 Å². The predicted octanol–water partition coefficient (Wildman–Crippen LogP) is 1.95. The molecule has 1 saturated heterocycles. The van der Waals surface area contributed by atoms with Gasteiger partial charge in [0.05, 0.1) is 6.61 Å². The van der Waals surface area contributed by atoms with Gasteiger partial charge in [-0.1, -0.05) is 30.3 Å². The first kappa shape index (κ1) is 25.4. The van der Waals surface area contributed by atoms with E-state index in [1.165, 1.54) is 4.90 Å². The highest BCUT2D eigenvalue weighted by molar-refractivity contribution is 5.85. The molecule has 2 rings (SSSR count). The molecule has 0 radical (unpaired) electrons. The summed E-state index contributed by atoms with van der Waals surface area (Å²) in [5.74, 6) is -0.433. The molecule has 3 amide bonds. The summed E-state index contributed by atoms with van der Waals surface area (Å²) in [6, 6.07) is 8.71. The Bertz CT molecular complexity index is 753. The molecule has 0 spiro atoms. The van der Waals surface area contributed by atoms with E-state index in [1.54, 1.807) is 20.8 Å². The van der Waals surface area contributed by atoms with Crippen molar-refractivity contribution in [2.24, 2.45) is 0 Å². The first-order chi connectivity index (χ1) is 15.2. The maximum atomic E-state index is 12.6. The van der Waals surface area contributed by atoms with Crippen LogP contribution < -0.4 is 16.1 Å². The summed E-state index contributed by atoms with van der Waals surface area (Å²) in [6.07, 6.45) is 0.0953. The van der Waals surface area contributed by atoms with Gasteiger partial charge in [0, 0.05) is 19.1 Å². The molecule has 1 heterocycles. The van der Waals surface area contributed by atoms with Crippen LogP contribution in [0.4, 0.5) is 9.59 Å². The highest BCUT2D eigenvalue weighted by Crippen LogP contribution is 2.21. The number of amides is 3. The Hall–Kier alpha value is -2.85. The second-order valence-corrected chi connectivity index (χ2v) is 8.51. The van der Waals surface area contributed by atoms with Crippen molar-refractivity contribution in [3.05, 3.63) is 35.9 Å². The lowest BCUT2D eigenvalue weighted by atomic mass is 9.98. The van der Waals surface area contributed by atoms with E-state index in [-0.39, 0.29) is 25.8 Å². The van der Waals surface area contributed by atoms with E-state index >= 15 is 0 Å². The summed E-state index contributed by atoms with van der Waals surface area (Å²) in [5, 5.41) is 5.68. The number of ether oxygens (including phenoxy) is 2. The second kappa shape index (κ2) is 12.3. The molecule has 10 nitrogen and oxygen atoms in total. The van der Waals surface area contributed by atoms with Crippen molar-refractivity contribution in [3.63, 3.8) is 0 Å². The fourth-order valence-corrected chi connectivity index (χ4v) is 3.17. The highest BCUT2D eigenvalue weighted by Gasteiger charge is 2.38. The Morgan fingerprint density at radius 3 is 2.50 bits per heavy atom. The average molecular weight is 451 g/mol. The van der Waals surface area contributed by atoms with Crippen LogP contribution in [0.5, 0.6) is 0 Å². The van der Waals surface area contributed by atoms with E-state index in [9.17, 15) is 14.4 Å². The quantitative estimate of drug-likeness (QED) is 0.409. The molecular weight excluding hydrogens is 416 g/mol. The summed E-state index contributed by atoms with van der Waals surface area (Å²) in [6.45, 7) is 6.06. The minimum Gasteiger partial charge on any atom is -0.445 e. The number of hydrogen-bond acceptors (Lipinski definition) is 7. The van der Waals surface area contributed by atoms with Gasteiger partial charge in [0.2, 0.25) is 0 Å². The molecule has 2 atom stereocenters. The summed E-state index contributed by atoms with van der Waals surface area (Å²) < 4.78 is 10.5. The van der Waals surface area contributed by atoms with Gasteiger partial charge in [-0.15, -0.1) is 0 Å². The molecule has 10 heteroatoms. The summed E-state index contributed by atoms with van der Waals surface area (Å²) in [5.41, 5.74) is 2.58. The smallest absolute Gasteiger partial charge is 0.411 e. The number of hydrogen-bond donors (Lipinski definition) is 3. The monoisotopic (exact) mass is 450 g/mol. The average Bonchev–Trinajstić information content (AvgIpc) is 2.76. The molecule has 1 aliphatic rings. The molecular formula is C22H34N4O6. The van der Waals surface area contributed by atoms with Crippen LogP contribution in [-0.2, 0) is 25.7 Å². The molecule has 1 aromatic rings. The Labute approximate surface area is 188 Å². The van der Waals surface area contributed by atoms with Crippen molar-refractivity contribution in [2.75, 3.05) is 26.7 Å². The Morgan fingerprint density at radius 2 is 1.84 bits per heavy atom. The molecule has 0 bridgehead atoms. The maximum Gasteiger partial charge on any atom is 0.411 e. The van der Waals surface area contributed by atoms with Crippen LogP contribution in [0, 0.1) is 0 Å². The van der Waals surface area contributed by atoms with E-state index in [1.807, 2.05) is 37.4 Å². The summed E-state index contributed by atoms with van der Waals surface area (Å²) in [4.78, 5) is 43.5. The zero-order valence-electron chi connectivity index (χ0n) is 19.2. The number of hydroxylamine groups is 1. The summed E-state index contributed by atoms with van der Waals surface area (Å²) in [7, 11) is 1.82.